The van der Waals surface area contributed by atoms with Crippen molar-refractivity contribution in [3.63, 3.8) is 0 Å². The van der Waals surface area contributed by atoms with Gasteiger partial charge in [0, 0.05) is 29.0 Å². The molecule has 2 aromatic carbocycles. The van der Waals surface area contributed by atoms with Gasteiger partial charge in [0.2, 0.25) is 0 Å². The van der Waals surface area contributed by atoms with E-state index in [9.17, 15) is 9.59 Å². The van der Waals surface area contributed by atoms with Gasteiger partial charge in [-0.15, -0.1) is 0 Å². The minimum Gasteiger partial charge on any atom is -0.497 e. The van der Waals surface area contributed by atoms with Crippen molar-refractivity contribution in [2.45, 2.75) is 38.5 Å². The number of carbonyl (C=O) groups is 2. The molecule has 0 saturated heterocycles. The molecular formula is C27H29NO5. The highest BCUT2D eigenvalue weighted by molar-refractivity contribution is 6.04. The number of dihydropyridines is 1. The van der Waals surface area contributed by atoms with Gasteiger partial charge in [-0.05, 0) is 49.9 Å². The maximum Gasteiger partial charge on any atom is 0.336 e. The SMILES string of the molecule is CCOc1ccccc1[C@H]1C(C(=O)OC)=C(C)NC2=C1C(=O)C[C@@H](c1ccc(OC)cc1)C2. The van der Waals surface area contributed by atoms with E-state index in [0.29, 0.717) is 42.0 Å². The number of nitrogens with one attached hydrogen (secondary N) is 1. The summed E-state index contributed by atoms with van der Waals surface area (Å²) in [6.45, 7) is 4.25. The van der Waals surface area contributed by atoms with Crippen molar-refractivity contribution in [2.75, 3.05) is 20.8 Å². The van der Waals surface area contributed by atoms with Crippen LogP contribution >= 0.6 is 0 Å². The molecule has 0 aromatic heterocycles. The van der Waals surface area contributed by atoms with Crippen LogP contribution in [-0.4, -0.2) is 32.6 Å². The number of methoxy groups -OCH3 is 2. The molecule has 0 radical (unpaired) electrons. The van der Waals surface area contributed by atoms with Crippen molar-refractivity contribution >= 4 is 11.8 Å². The van der Waals surface area contributed by atoms with E-state index in [2.05, 4.69) is 5.32 Å². The Balaban J connectivity index is 1.80. The summed E-state index contributed by atoms with van der Waals surface area (Å²) in [5, 5.41) is 3.36. The first-order valence-corrected chi connectivity index (χ1v) is 11.2. The van der Waals surface area contributed by atoms with Crippen LogP contribution in [0.4, 0.5) is 0 Å². The average molecular weight is 448 g/mol. The van der Waals surface area contributed by atoms with Crippen LogP contribution < -0.4 is 14.8 Å². The van der Waals surface area contributed by atoms with Crippen LogP contribution in [-0.2, 0) is 14.3 Å². The first kappa shape index (κ1) is 22.6. The zero-order valence-corrected chi connectivity index (χ0v) is 19.4. The lowest BCUT2D eigenvalue weighted by atomic mass is 9.71. The van der Waals surface area contributed by atoms with Crippen LogP contribution in [0.3, 0.4) is 0 Å². The lowest BCUT2D eigenvalue weighted by Gasteiger charge is -2.37. The Kier molecular flexibility index (Phi) is 6.54. The van der Waals surface area contributed by atoms with Crippen LogP contribution in [0.5, 0.6) is 11.5 Å². The van der Waals surface area contributed by atoms with Crippen LogP contribution in [0.1, 0.15) is 49.7 Å². The predicted octanol–water partition coefficient (Wildman–Crippen LogP) is 4.63. The van der Waals surface area contributed by atoms with Gasteiger partial charge in [0.05, 0.1) is 32.3 Å². The Morgan fingerprint density at radius 2 is 1.79 bits per heavy atom. The van der Waals surface area contributed by atoms with Crippen LogP contribution in [0.15, 0.2) is 71.1 Å². The summed E-state index contributed by atoms with van der Waals surface area (Å²) in [4.78, 5) is 26.5. The smallest absolute Gasteiger partial charge is 0.336 e. The highest BCUT2D eigenvalue weighted by Gasteiger charge is 2.42. The van der Waals surface area contributed by atoms with Crippen molar-refractivity contribution in [3.8, 4) is 11.5 Å². The molecule has 1 aliphatic carbocycles. The maximum atomic E-state index is 13.6. The summed E-state index contributed by atoms with van der Waals surface area (Å²) < 4.78 is 16.3. The molecule has 2 aromatic rings. The molecule has 2 aliphatic rings. The molecule has 33 heavy (non-hydrogen) atoms. The van der Waals surface area contributed by atoms with Crippen molar-refractivity contribution < 1.29 is 23.8 Å². The van der Waals surface area contributed by atoms with E-state index < -0.39 is 11.9 Å². The zero-order valence-electron chi connectivity index (χ0n) is 19.4. The van der Waals surface area contributed by atoms with Crippen molar-refractivity contribution in [1.82, 2.24) is 5.32 Å². The van der Waals surface area contributed by atoms with Gasteiger partial charge < -0.3 is 19.5 Å². The summed E-state index contributed by atoms with van der Waals surface area (Å²) >= 11 is 0. The topological polar surface area (TPSA) is 73.9 Å². The molecule has 1 aliphatic heterocycles. The Morgan fingerprint density at radius 3 is 2.45 bits per heavy atom. The molecule has 0 unspecified atom stereocenters. The van der Waals surface area contributed by atoms with Gasteiger partial charge in [0.1, 0.15) is 11.5 Å². The number of hydrogen-bond acceptors (Lipinski definition) is 6. The zero-order chi connectivity index (χ0) is 23.5. The predicted molar refractivity (Wildman–Crippen MR) is 125 cm³/mol. The molecule has 1 heterocycles. The van der Waals surface area contributed by atoms with E-state index in [1.807, 2.05) is 62.4 Å². The number of benzene rings is 2. The first-order valence-electron chi connectivity index (χ1n) is 11.2. The van der Waals surface area contributed by atoms with E-state index in [-0.39, 0.29) is 11.7 Å². The highest BCUT2D eigenvalue weighted by Crippen LogP contribution is 2.47. The van der Waals surface area contributed by atoms with E-state index in [4.69, 9.17) is 14.2 Å². The molecule has 1 N–H and O–H groups in total. The van der Waals surface area contributed by atoms with Crippen molar-refractivity contribution in [2.24, 2.45) is 0 Å². The van der Waals surface area contributed by atoms with Crippen molar-refractivity contribution in [3.05, 3.63) is 82.2 Å². The lowest BCUT2D eigenvalue weighted by Crippen LogP contribution is -2.36. The number of ether oxygens (including phenoxy) is 3. The minimum atomic E-state index is -0.541. The van der Waals surface area contributed by atoms with Gasteiger partial charge in [0.15, 0.2) is 5.78 Å². The van der Waals surface area contributed by atoms with Gasteiger partial charge in [-0.1, -0.05) is 30.3 Å². The van der Waals surface area contributed by atoms with Gasteiger partial charge in [-0.3, -0.25) is 4.79 Å². The highest BCUT2D eigenvalue weighted by atomic mass is 16.5. The molecule has 172 valence electrons. The largest absolute Gasteiger partial charge is 0.497 e. The van der Waals surface area contributed by atoms with Gasteiger partial charge in [-0.25, -0.2) is 4.79 Å². The third-order valence-corrected chi connectivity index (χ3v) is 6.35. The summed E-state index contributed by atoms with van der Waals surface area (Å²) in [5.74, 6) is 0.525. The standard InChI is InChI=1S/C27H29NO5/c1-5-33-23-9-7-6-8-20(23)25-24(27(30)32-4)16(2)28-21-14-18(15-22(29)26(21)25)17-10-12-19(31-3)13-11-17/h6-13,18,25,28H,5,14-15H2,1-4H3/t18-,25-/m0/s1. The van der Waals surface area contributed by atoms with Crippen LogP contribution in [0, 0.1) is 0 Å². The fourth-order valence-corrected chi connectivity index (χ4v) is 4.85. The average Bonchev–Trinajstić information content (AvgIpc) is 2.83. The number of Topliss-reactive ketones (excluding diaryl/α,β-unsaturated/α-hetero) is 1. The summed E-state index contributed by atoms with van der Waals surface area (Å²) in [7, 11) is 3.00. The van der Waals surface area contributed by atoms with Crippen LogP contribution in [0.2, 0.25) is 0 Å². The molecule has 0 amide bonds. The first-order chi connectivity index (χ1) is 16.0. The van der Waals surface area contributed by atoms with Crippen molar-refractivity contribution in [1.29, 1.82) is 0 Å². The van der Waals surface area contributed by atoms with E-state index in [0.717, 1.165) is 22.6 Å². The second-order valence-corrected chi connectivity index (χ2v) is 8.25. The molecule has 0 saturated carbocycles. The van der Waals surface area contributed by atoms with Gasteiger partial charge in [-0.2, -0.15) is 0 Å². The third-order valence-electron chi connectivity index (χ3n) is 6.35. The molecule has 2 atom stereocenters. The normalized spacial score (nSPS) is 20.2. The molecule has 4 rings (SSSR count). The quantitative estimate of drug-likeness (QED) is 0.651. The molecule has 0 fully saturated rings. The molecule has 0 bridgehead atoms. The number of rotatable bonds is 6. The fraction of sp³-hybridized carbons (Fsp3) is 0.333. The van der Waals surface area contributed by atoms with Crippen LogP contribution in [0.25, 0.3) is 0 Å². The molecule has 6 nitrogen and oxygen atoms in total. The van der Waals surface area contributed by atoms with E-state index in [1.54, 1.807) is 7.11 Å². The second kappa shape index (κ2) is 9.53. The lowest BCUT2D eigenvalue weighted by molar-refractivity contribution is -0.136. The Labute approximate surface area is 194 Å². The Morgan fingerprint density at radius 1 is 1.06 bits per heavy atom. The molecule has 6 heteroatoms. The minimum absolute atomic E-state index is 0.0229. The number of allylic oxidation sites excluding steroid dienone is 3. The molecule has 0 spiro atoms. The maximum absolute atomic E-state index is 13.6. The van der Waals surface area contributed by atoms with Gasteiger partial charge >= 0.3 is 5.97 Å². The number of hydrogen-bond donors (Lipinski definition) is 1. The Bertz CT molecular complexity index is 1130. The number of esters is 1. The fourth-order valence-electron chi connectivity index (χ4n) is 4.85. The van der Waals surface area contributed by atoms with Gasteiger partial charge in [0.25, 0.3) is 0 Å². The monoisotopic (exact) mass is 447 g/mol. The number of ketones is 1. The molecular weight excluding hydrogens is 418 g/mol. The third kappa shape index (κ3) is 4.25. The Hall–Kier alpha value is -3.54. The summed E-state index contributed by atoms with van der Waals surface area (Å²) in [6, 6.07) is 15.4. The second-order valence-electron chi connectivity index (χ2n) is 8.25. The number of carbonyl (C=O) groups excluding carboxylic acids is 2. The summed E-state index contributed by atoms with van der Waals surface area (Å²) in [6.07, 6.45) is 1.04. The van der Waals surface area contributed by atoms with E-state index in [1.165, 1.54) is 7.11 Å². The van der Waals surface area contributed by atoms with E-state index >= 15 is 0 Å². The number of para-hydroxylation sites is 1. The summed E-state index contributed by atoms with van der Waals surface area (Å²) in [5.41, 5.74) is 4.50.